The zero-order chi connectivity index (χ0) is 44.4. The van der Waals surface area contributed by atoms with E-state index in [0.29, 0.717) is 5.56 Å². The molecule has 0 unspecified atom stereocenters. The molecule has 0 fully saturated rings. The van der Waals surface area contributed by atoms with Crippen molar-refractivity contribution >= 4 is 29.8 Å². The predicted molar refractivity (Wildman–Crippen MR) is 198 cm³/mol. The van der Waals surface area contributed by atoms with Gasteiger partial charge in [-0.25, -0.2) is 24.0 Å². The van der Waals surface area contributed by atoms with Gasteiger partial charge in [-0.3, -0.25) is 0 Å². The summed E-state index contributed by atoms with van der Waals surface area (Å²) in [7, 11) is 2.74. The number of carbonyl (C=O) groups is 5. The molecule has 5 aromatic carbocycles. The highest BCUT2D eigenvalue weighted by atomic mass is 16.5. The van der Waals surface area contributed by atoms with Crippen molar-refractivity contribution in [1.82, 2.24) is 0 Å². The third kappa shape index (κ3) is 14.7. The van der Waals surface area contributed by atoms with Gasteiger partial charge in [-0.2, -0.15) is 0 Å². The molecule has 0 aliphatic heterocycles. The molecule has 20 nitrogen and oxygen atoms in total. The summed E-state index contributed by atoms with van der Waals surface area (Å²) < 4.78 is 9.53. The van der Waals surface area contributed by atoms with Crippen LogP contribution in [-0.4, -0.2) is 110 Å². The number of carboxylic acid groups (broad SMARTS) is 5. The molecule has 0 radical (unpaired) electrons. The second kappa shape index (κ2) is 22.0. The van der Waals surface area contributed by atoms with Crippen LogP contribution in [-0.2, 0) is 0 Å². The molecule has 5 rings (SSSR count). The maximum absolute atomic E-state index is 10.6. The number of phenolic OH excluding ortho intramolecular Hbond substituents is 8. The fraction of sp³-hybridized carbons (Fsp3) is 0.0789. The maximum atomic E-state index is 10.6. The van der Waals surface area contributed by atoms with Crippen LogP contribution in [0.4, 0.5) is 0 Å². The molecule has 58 heavy (non-hydrogen) atoms. The van der Waals surface area contributed by atoms with E-state index in [1.807, 2.05) is 0 Å². The smallest absolute Gasteiger partial charge is 0.335 e. The summed E-state index contributed by atoms with van der Waals surface area (Å²) in [5.41, 5.74) is 0.509. The lowest BCUT2D eigenvalue weighted by Gasteiger charge is -2.06. The molecule has 5 aromatic rings. The van der Waals surface area contributed by atoms with Gasteiger partial charge in [0.1, 0.15) is 5.75 Å². The molecule has 0 aliphatic rings. The van der Waals surface area contributed by atoms with Crippen LogP contribution in [0.1, 0.15) is 57.4 Å². The van der Waals surface area contributed by atoms with Gasteiger partial charge in [0.05, 0.1) is 42.0 Å². The van der Waals surface area contributed by atoms with Gasteiger partial charge >= 0.3 is 29.8 Å². The summed E-state index contributed by atoms with van der Waals surface area (Å²) in [5, 5.41) is 114. The number of hydrogen-bond acceptors (Lipinski definition) is 15. The number of methoxy groups -OCH3 is 2. The van der Waals surface area contributed by atoms with E-state index in [-0.39, 0.29) is 62.3 Å². The number of aromatic carboxylic acids is 5. The molecular formula is C38H36O20. The lowest BCUT2D eigenvalue weighted by atomic mass is 10.1. The average molecular weight is 813 g/mol. The molecule has 0 aromatic heterocycles. The fourth-order valence-electron chi connectivity index (χ4n) is 3.83. The maximum Gasteiger partial charge on any atom is 0.335 e. The highest BCUT2D eigenvalue weighted by Gasteiger charge is 2.13. The molecule has 0 amide bonds. The summed E-state index contributed by atoms with van der Waals surface area (Å²) in [4.78, 5) is 51.9. The Labute approximate surface area is 326 Å². The van der Waals surface area contributed by atoms with E-state index >= 15 is 0 Å². The lowest BCUT2D eigenvalue weighted by Crippen LogP contribution is -1.98. The third-order valence-electron chi connectivity index (χ3n) is 6.81. The number of aryl methyl sites for hydroxylation is 1. The van der Waals surface area contributed by atoms with Gasteiger partial charge in [0.25, 0.3) is 0 Å². The second-order valence-electron chi connectivity index (χ2n) is 10.9. The first-order chi connectivity index (χ1) is 27.0. The van der Waals surface area contributed by atoms with Crippen molar-refractivity contribution < 1.29 is 99.8 Å². The molecular weight excluding hydrogens is 776 g/mol. The number of hydrogen-bond donors (Lipinski definition) is 13. The molecule has 0 aliphatic carbocycles. The van der Waals surface area contributed by atoms with Crippen LogP contribution in [0.2, 0.25) is 0 Å². The van der Waals surface area contributed by atoms with Crippen molar-refractivity contribution in [1.29, 1.82) is 0 Å². The molecule has 0 saturated carbocycles. The molecule has 0 bridgehead atoms. The Balaban J connectivity index is 0.000000363. The fourth-order valence-corrected chi connectivity index (χ4v) is 3.83. The van der Waals surface area contributed by atoms with Crippen LogP contribution in [0.5, 0.6) is 57.5 Å². The molecule has 0 heterocycles. The molecule has 308 valence electrons. The highest BCUT2D eigenvalue weighted by molar-refractivity contribution is 5.90. The van der Waals surface area contributed by atoms with E-state index in [1.165, 1.54) is 74.9 Å². The number of aromatic hydroxyl groups is 8. The zero-order valence-electron chi connectivity index (χ0n) is 30.3. The molecule has 0 atom stereocenters. The monoisotopic (exact) mass is 812 g/mol. The van der Waals surface area contributed by atoms with Gasteiger partial charge in [-0.1, -0.05) is 0 Å². The van der Waals surface area contributed by atoms with Crippen molar-refractivity contribution in [3.63, 3.8) is 0 Å². The minimum Gasteiger partial charge on any atom is -0.508 e. The SMILES string of the molecule is COc1cc(C(=O)O)cc(C)c1O.COc1cc(C(=O)O)ccc1O.O=C(O)c1cc(O)c(O)c(O)c1.O=C(O)c1ccc(O)c(O)c1.O=C(O)c1ccc(O)cc1. The average Bonchev–Trinajstić information content (AvgIpc) is 3.16. The first-order valence-electron chi connectivity index (χ1n) is 15.5. The minimum atomic E-state index is -1.29. The van der Waals surface area contributed by atoms with Gasteiger partial charge in [0.2, 0.25) is 0 Å². The molecule has 20 heteroatoms. The number of ether oxygens (including phenoxy) is 2. The largest absolute Gasteiger partial charge is 0.508 e. The van der Waals surface area contributed by atoms with Crippen molar-refractivity contribution in [3.8, 4) is 57.5 Å². The van der Waals surface area contributed by atoms with Crippen molar-refractivity contribution in [2.24, 2.45) is 0 Å². The summed E-state index contributed by atoms with van der Waals surface area (Å²) in [5.74, 6) is -7.97. The Morgan fingerprint density at radius 2 is 0.741 bits per heavy atom. The topological polar surface area (TPSA) is 367 Å². The third-order valence-corrected chi connectivity index (χ3v) is 6.81. The standard InChI is InChI=1S/C9H10O4.C8H8O4.C7H6O5.C7H6O4.C7H6O3/c1-5-3-6(9(11)12)4-7(13-2)8(5)10;1-12-7-4-5(8(10)11)2-3-6(7)9;8-4-1-3(7(11)12)2-5(9)6(4)10;8-5-2-1-4(7(10)11)3-6(5)9;8-6-3-1-5(2-4-6)7(9)10/h3-4,10H,1-2H3,(H,11,12);2-4,9H,1H3,(H,10,11);1-2,8-10H,(H,11,12);1-3,8-9H,(H,10,11);1-4,8H,(H,9,10). The Morgan fingerprint density at radius 3 is 1.16 bits per heavy atom. The van der Waals surface area contributed by atoms with E-state index < -0.39 is 52.8 Å². The van der Waals surface area contributed by atoms with E-state index in [0.717, 1.165) is 24.3 Å². The minimum absolute atomic E-state index is 0.0208. The summed E-state index contributed by atoms with van der Waals surface area (Å²) in [6, 6.07) is 16.9. The second-order valence-corrected chi connectivity index (χ2v) is 10.9. The summed E-state index contributed by atoms with van der Waals surface area (Å²) >= 11 is 0. The first kappa shape index (κ1) is 47.5. The number of benzene rings is 5. The van der Waals surface area contributed by atoms with Crippen LogP contribution >= 0.6 is 0 Å². The number of carboxylic acids is 5. The summed E-state index contributed by atoms with van der Waals surface area (Å²) in [6.45, 7) is 1.62. The van der Waals surface area contributed by atoms with E-state index in [4.69, 9.17) is 70.8 Å². The zero-order valence-corrected chi connectivity index (χ0v) is 30.3. The van der Waals surface area contributed by atoms with E-state index in [1.54, 1.807) is 6.92 Å². The number of rotatable bonds is 7. The first-order valence-corrected chi connectivity index (χ1v) is 15.5. The quantitative estimate of drug-likeness (QED) is 0.0972. The van der Waals surface area contributed by atoms with Crippen LogP contribution in [0, 0.1) is 6.92 Å². The van der Waals surface area contributed by atoms with E-state index in [9.17, 15) is 29.1 Å². The van der Waals surface area contributed by atoms with Crippen LogP contribution in [0.3, 0.4) is 0 Å². The van der Waals surface area contributed by atoms with Crippen LogP contribution in [0.15, 0.2) is 84.9 Å². The van der Waals surface area contributed by atoms with Gasteiger partial charge in [0, 0.05) is 0 Å². The van der Waals surface area contributed by atoms with Crippen LogP contribution < -0.4 is 9.47 Å². The Hall–Kier alpha value is -8.55. The lowest BCUT2D eigenvalue weighted by molar-refractivity contribution is 0.0685. The number of phenols is 8. The Kier molecular flexibility index (Phi) is 18.0. The highest BCUT2D eigenvalue weighted by Crippen LogP contribution is 2.35. The van der Waals surface area contributed by atoms with Crippen LogP contribution in [0.25, 0.3) is 0 Å². The van der Waals surface area contributed by atoms with Gasteiger partial charge in [-0.05, 0) is 97.4 Å². The molecule has 13 N–H and O–H groups in total. The summed E-state index contributed by atoms with van der Waals surface area (Å²) in [6.07, 6.45) is 0. The van der Waals surface area contributed by atoms with Gasteiger partial charge < -0.3 is 75.9 Å². The predicted octanol–water partition coefficient (Wildman–Crippen LogP) is 4.89. The van der Waals surface area contributed by atoms with Gasteiger partial charge in [-0.15, -0.1) is 0 Å². The van der Waals surface area contributed by atoms with E-state index in [2.05, 4.69) is 0 Å². The van der Waals surface area contributed by atoms with Crippen molar-refractivity contribution in [3.05, 3.63) is 118 Å². The van der Waals surface area contributed by atoms with Crippen molar-refractivity contribution in [2.45, 2.75) is 6.92 Å². The van der Waals surface area contributed by atoms with Crippen molar-refractivity contribution in [2.75, 3.05) is 14.2 Å². The molecule has 0 spiro atoms. The molecule has 0 saturated heterocycles. The Morgan fingerprint density at radius 1 is 0.379 bits per heavy atom. The van der Waals surface area contributed by atoms with Gasteiger partial charge in [0.15, 0.2) is 51.7 Å². The normalized spacial score (nSPS) is 9.50. The Bertz CT molecular complexity index is 2220.